The monoisotopic (exact) mass is 307 g/mol. The summed E-state index contributed by atoms with van der Waals surface area (Å²) < 4.78 is 35.0. The molecule has 0 aliphatic heterocycles. The molecule has 0 aromatic carbocycles. The summed E-state index contributed by atoms with van der Waals surface area (Å²) in [5.41, 5.74) is 0. The Hall–Kier alpha value is -1.45. The number of hydrogen-bond acceptors (Lipinski definition) is 7. The fraction of sp³-hybridized carbons (Fsp3) is 0.400. The van der Waals surface area contributed by atoms with Crippen LogP contribution in [0, 0.1) is 0 Å². The van der Waals surface area contributed by atoms with Gasteiger partial charge in [-0.05, 0) is 18.4 Å². The Labute approximate surface area is 114 Å². The summed E-state index contributed by atoms with van der Waals surface area (Å²) in [6, 6.07) is 1.23. The van der Waals surface area contributed by atoms with Gasteiger partial charge in [-0.25, -0.2) is 17.9 Å². The lowest BCUT2D eigenvalue weighted by molar-refractivity contribution is -0.128. The van der Waals surface area contributed by atoms with Gasteiger partial charge in [0.25, 0.3) is 15.9 Å². The van der Waals surface area contributed by atoms with Crippen LogP contribution in [-0.2, 0) is 24.3 Å². The Kier molecular flexibility index (Phi) is 5.04. The largest absolute Gasteiger partial charge is 0.465 e. The Morgan fingerprint density at radius 1 is 1.37 bits per heavy atom. The van der Waals surface area contributed by atoms with Crippen molar-refractivity contribution >= 4 is 33.2 Å². The van der Waals surface area contributed by atoms with E-state index in [0.717, 1.165) is 18.4 Å². The summed E-state index contributed by atoms with van der Waals surface area (Å²) in [6.45, 7) is 1.40. The van der Waals surface area contributed by atoms with Crippen LogP contribution in [0.1, 0.15) is 16.6 Å². The number of methoxy groups -OCH3 is 2. The van der Waals surface area contributed by atoms with Crippen LogP contribution >= 0.6 is 11.3 Å². The third kappa shape index (κ3) is 3.52. The van der Waals surface area contributed by atoms with E-state index < -0.39 is 28.0 Å². The highest BCUT2D eigenvalue weighted by Gasteiger charge is 2.27. The van der Waals surface area contributed by atoms with Gasteiger partial charge in [-0.1, -0.05) is 0 Å². The summed E-state index contributed by atoms with van der Waals surface area (Å²) in [5, 5.41) is 1.42. The van der Waals surface area contributed by atoms with Crippen LogP contribution in [0.3, 0.4) is 0 Å². The van der Waals surface area contributed by atoms with Gasteiger partial charge in [0, 0.05) is 7.11 Å². The molecule has 0 saturated heterocycles. The second-order valence-corrected chi connectivity index (χ2v) is 6.02. The van der Waals surface area contributed by atoms with E-state index in [1.165, 1.54) is 25.5 Å². The van der Waals surface area contributed by atoms with Gasteiger partial charge in [0.2, 0.25) is 0 Å². The minimum Gasteiger partial charge on any atom is -0.465 e. The number of esters is 1. The maximum absolute atomic E-state index is 12.0. The molecule has 1 amide bonds. The molecule has 19 heavy (non-hydrogen) atoms. The third-order valence-electron chi connectivity index (χ3n) is 2.25. The average molecular weight is 307 g/mol. The molecular formula is C10H13NO6S2. The molecule has 0 spiro atoms. The van der Waals surface area contributed by atoms with Crippen molar-refractivity contribution in [3.8, 4) is 0 Å². The molecule has 0 aliphatic rings. The molecule has 1 aromatic heterocycles. The van der Waals surface area contributed by atoms with E-state index in [2.05, 4.69) is 4.74 Å². The molecule has 0 radical (unpaired) electrons. The number of thiophene rings is 1. The van der Waals surface area contributed by atoms with Crippen LogP contribution in [-0.4, -0.2) is 40.6 Å². The maximum atomic E-state index is 12.0. The van der Waals surface area contributed by atoms with Gasteiger partial charge in [0.15, 0.2) is 0 Å². The van der Waals surface area contributed by atoms with Crippen molar-refractivity contribution < 1.29 is 27.5 Å². The van der Waals surface area contributed by atoms with Crippen molar-refractivity contribution in [2.24, 2.45) is 0 Å². The van der Waals surface area contributed by atoms with Crippen LogP contribution in [0.2, 0.25) is 0 Å². The lowest BCUT2D eigenvalue weighted by Gasteiger charge is -2.10. The Morgan fingerprint density at radius 3 is 2.53 bits per heavy atom. The number of carbonyl (C=O) groups is 2. The van der Waals surface area contributed by atoms with Gasteiger partial charge >= 0.3 is 5.97 Å². The summed E-state index contributed by atoms with van der Waals surface area (Å²) in [7, 11) is -1.71. The second kappa shape index (κ2) is 6.13. The van der Waals surface area contributed by atoms with Crippen LogP contribution in [0.5, 0.6) is 0 Å². The standard InChI is InChI=1S/C10H13NO6S2/c1-6(16-2)9(12)11-19(14,15)7-4-5-18-8(7)10(13)17-3/h4-6H,1-3H3,(H,11,12). The van der Waals surface area contributed by atoms with Crippen molar-refractivity contribution in [3.05, 3.63) is 16.3 Å². The molecule has 0 aliphatic carbocycles. The second-order valence-electron chi connectivity index (χ2n) is 3.45. The van der Waals surface area contributed by atoms with Crippen LogP contribution < -0.4 is 4.72 Å². The fourth-order valence-corrected chi connectivity index (χ4v) is 3.51. The number of sulfonamides is 1. The summed E-state index contributed by atoms with van der Waals surface area (Å²) in [4.78, 5) is 22.5. The Balaban J connectivity index is 3.05. The molecule has 7 nitrogen and oxygen atoms in total. The summed E-state index contributed by atoms with van der Waals surface area (Å²) in [6.07, 6.45) is -0.921. The zero-order valence-corrected chi connectivity index (χ0v) is 12.1. The Bertz CT molecular complexity index is 577. The van der Waals surface area contributed by atoms with Crippen LogP contribution in [0.25, 0.3) is 0 Å². The molecule has 106 valence electrons. The van der Waals surface area contributed by atoms with Crippen molar-refractivity contribution in [3.63, 3.8) is 0 Å². The number of amides is 1. The van der Waals surface area contributed by atoms with E-state index in [1.807, 2.05) is 4.72 Å². The van der Waals surface area contributed by atoms with Gasteiger partial charge in [-0.2, -0.15) is 0 Å². The number of nitrogens with one attached hydrogen (secondary N) is 1. The SMILES string of the molecule is COC(=O)c1sccc1S(=O)(=O)NC(=O)C(C)OC. The normalized spacial score (nSPS) is 12.8. The van der Waals surface area contributed by atoms with Gasteiger partial charge in [-0.3, -0.25) is 4.79 Å². The van der Waals surface area contributed by atoms with E-state index in [4.69, 9.17) is 4.74 Å². The highest BCUT2D eigenvalue weighted by molar-refractivity contribution is 7.90. The lowest BCUT2D eigenvalue weighted by Crippen LogP contribution is -2.38. The molecular weight excluding hydrogens is 294 g/mol. The van der Waals surface area contributed by atoms with Crippen LogP contribution in [0.15, 0.2) is 16.3 Å². The summed E-state index contributed by atoms with van der Waals surface area (Å²) in [5.74, 6) is -1.59. The highest BCUT2D eigenvalue weighted by Crippen LogP contribution is 2.22. The van der Waals surface area contributed by atoms with Crippen LogP contribution in [0.4, 0.5) is 0 Å². The molecule has 1 aromatic rings. The quantitative estimate of drug-likeness (QED) is 0.789. The molecule has 0 fully saturated rings. The predicted octanol–water partition coefficient (Wildman–Crippen LogP) is 0.374. The van der Waals surface area contributed by atoms with Crippen molar-refractivity contribution in [2.45, 2.75) is 17.9 Å². The number of hydrogen-bond donors (Lipinski definition) is 1. The minimum absolute atomic E-state index is 0.0899. The van der Waals surface area contributed by atoms with Crippen molar-refractivity contribution in [1.29, 1.82) is 0 Å². The van der Waals surface area contributed by atoms with Gasteiger partial charge < -0.3 is 9.47 Å². The molecule has 1 atom stereocenters. The molecule has 1 unspecified atom stereocenters. The first kappa shape index (κ1) is 15.6. The maximum Gasteiger partial charge on any atom is 0.349 e. The zero-order valence-electron chi connectivity index (χ0n) is 10.5. The molecule has 1 heterocycles. The summed E-state index contributed by atoms with van der Waals surface area (Å²) >= 11 is 0.914. The van der Waals surface area contributed by atoms with Gasteiger partial charge in [-0.15, -0.1) is 11.3 Å². The predicted molar refractivity (Wildman–Crippen MR) is 67.5 cm³/mol. The number of ether oxygens (including phenoxy) is 2. The van der Waals surface area contributed by atoms with E-state index in [0.29, 0.717) is 0 Å². The van der Waals surface area contributed by atoms with Crippen molar-refractivity contribution in [2.75, 3.05) is 14.2 Å². The Morgan fingerprint density at radius 2 is 2.00 bits per heavy atom. The average Bonchev–Trinajstić information content (AvgIpc) is 2.86. The first-order valence-corrected chi connectivity index (χ1v) is 7.45. The molecule has 1 N–H and O–H groups in total. The highest BCUT2D eigenvalue weighted by atomic mass is 32.2. The van der Waals surface area contributed by atoms with Gasteiger partial charge in [0.1, 0.15) is 15.9 Å². The zero-order chi connectivity index (χ0) is 14.6. The van der Waals surface area contributed by atoms with Gasteiger partial charge in [0.05, 0.1) is 7.11 Å². The van der Waals surface area contributed by atoms with E-state index in [-0.39, 0.29) is 9.77 Å². The minimum atomic E-state index is -4.13. The van der Waals surface area contributed by atoms with E-state index in [1.54, 1.807) is 0 Å². The third-order valence-corrected chi connectivity index (χ3v) is 4.66. The first-order chi connectivity index (χ1) is 8.83. The topological polar surface area (TPSA) is 98.8 Å². The molecule has 0 bridgehead atoms. The molecule has 9 heteroatoms. The van der Waals surface area contributed by atoms with E-state index in [9.17, 15) is 18.0 Å². The number of carbonyl (C=O) groups excluding carboxylic acids is 2. The van der Waals surface area contributed by atoms with E-state index >= 15 is 0 Å². The first-order valence-electron chi connectivity index (χ1n) is 5.08. The lowest BCUT2D eigenvalue weighted by atomic mass is 10.4. The smallest absolute Gasteiger partial charge is 0.349 e. The fourth-order valence-electron chi connectivity index (χ4n) is 1.13. The molecule has 0 saturated carbocycles. The molecule has 1 rings (SSSR count). The van der Waals surface area contributed by atoms with Crippen molar-refractivity contribution in [1.82, 2.24) is 4.72 Å². The number of rotatable bonds is 5.